The molecule has 3 heterocycles. The predicted molar refractivity (Wildman–Crippen MR) is 119 cm³/mol. The van der Waals surface area contributed by atoms with E-state index in [0.717, 1.165) is 29.9 Å². The summed E-state index contributed by atoms with van der Waals surface area (Å²) in [5, 5.41) is 14.1. The van der Waals surface area contributed by atoms with E-state index >= 15 is 0 Å². The lowest BCUT2D eigenvalue weighted by atomic mass is 9.90. The van der Waals surface area contributed by atoms with Crippen LogP contribution in [0.4, 0.5) is 0 Å². The van der Waals surface area contributed by atoms with Crippen molar-refractivity contribution in [1.29, 1.82) is 5.26 Å². The van der Waals surface area contributed by atoms with Gasteiger partial charge in [0.25, 0.3) is 0 Å². The first kappa shape index (κ1) is 20.5. The summed E-state index contributed by atoms with van der Waals surface area (Å²) in [7, 11) is 0. The van der Waals surface area contributed by atoms with E-state index in [1.165, 1.54) is 0 Å². The number of primary amides is 1. The van der Waals surface area contributed by atoms with Gasteiger partial charge in [-0.3, -0.25) is 14.6 Å². The number of aryl methyl sites for hydroxylation is 1. The molecule has 1 saturated carbocycles. The van der Waals surface area contributed by atoms with Gasteiger partial charge in [-0.1, -0.05) is 11.2 Å². The fourth-order valence-corrected chi connectivity index (χ4v) is 5.44. The molecule has 32 heavy (non-hydrogen) atoms. The van der Waals surface area contributed by atoms with Crippen LogP contribution in [0.25, 0.3) is 10.9 Å². The highest BCUT2D eigenvalue weighted by atomic mass is 32.2. The molecule has 9 heteroatoms. The third-order valence-corrected chi connectivity index (χ3v) is 7.24. The van der Waals surface area contributed by atoms with Crippen LogP contribution in [0.15, 0.2) is 34.9 Å². The lowest BCUT2D eigenvalue weighted by Crippen LogP contribution is -2.36. The van der Waals surface area contributed by atoms with Gasteiger partial charge in [-0.15, -0.1) is 11.8 Å². The zero-order valence-electron chi connectivity index (χ0n) is 17.5. The molecule has 2 fully saturated rings. The normalized spacial score (nSPS) is 19.1. The van der Waals surface area contributed by atoms with Gasteiger partial charge in [-0.05, 0) is 43.5 Å². The van der Waals surface area contributed by atoms with Gasteiger partial charge in [0.05, 0.1) is 40.8 Å². The van der Waals surface area contributed by atoms with Gasteiger partial charge in [0.2, 0.25) is 11.8 Å². The minimum atomic E-state index is -0.572. The number of nitrogens with two attached hydrogens (primary N) is 1. The zero-order valence-corrected chi connectivity index (χ0v) is 18.3. The largest absolute Gasteiger partial charge is 0.366 e. The Morgan fingerprint density at radius 1 is 1.34 bits per heavy atom. The summed E-state index contributed by atoms with van der Waals surface area (Å²) in [6.45, 7) is 1.87. The number of carbonyl (C=O) groups excluding carboxylic acids is 2. The van der Waals surface area contributed by atoms with Crippen LogP contribution in [-0.4, -0.2) is 44.5 Å². The Bertz CT molecular complexity index is 1290. The maximum atomic E-state index is 12.7. The summed E-state index contributed by atoms with van der Waals surface area (Å²) in [5.41, 5.74) is 8.82. The van der Waals surface area contributed by atoms with Crippen molar-refractivity contribution in [2.75, 3.05) is 11.6 Å². The molecule has 0 radical (unpaired) electrons. The van der Waals surface area contributed by atoms with E-state index < -0.39 is 11.9 Å². The maximum Gasteiger partial charge on any atom is 0.249 e. The second kappa shape index (κ2) is 7.64. The number of thioether (sulfide) groups is 1. The third-order valence-electron chi connectivity index (χ3n) is 6.23. The lowest BCUT2D eigenvalue weighted by molar-refractivity contribution is -0.130. The number of benzene rings is 1. The van der Waals surface area contributed by atoms with Crippen molar-refractivity contribution in [3.63, 3.8) is 0 Å². The number of nitrogens with zero attached hydrogens (tertiary/aromatic N) is 4. The van der Waals surface area contributed by atoms with Crippen LogP contribution in [0.3, 0.4) is 0 Å². The quantitative estimate of drug-likeness (QED) is 0.637. The number of rotatable bonds is 5. The number of hydrogen-bond acceptors (Lipinski definition) is 7. The van der Waals surface area contributed by atoms with Crippen molar-refractivity contribution >= 4 is 34.5 Å². The first-order valence-electron chi connectivity index (χ1n) is 10.4. The van der Waals surface area contributed by atoms with Gasteiger partial charge >= 0.3 is 0 Å². The second-order valence-electron chi connectivity index (χ2n) is 8.35. The van der Waals surface area contributed by atoms with Crippen molar-refractivity contribution in [1.82, 2.24) is 15.0 Å². The second-order valence-corrected chi connectivity index (χ2v) is 9.35. The van der Waals surface area contributed by atoms with E-state index in [-0.39, 0.29) is 17.7 Å². The van der Waals surface area contributed by atoms with E-state index in [1.807, 2.05) is 31.2 Å². The van der Waals surface area contributed by atoms with Crippen molar-refractivity contribution in [2.45, 2.75) is 37.6 Å². The average Bonchev–Trinajstić information content (AvgIpc) is 3.23. The van der Waals surface area contributed by atoms with Crippen LogP contribution in [0.2, 0.25) is 0 Å². The highest BCUT2D eigenvalue weighted by Gasteiger charge is 2.48. The highest BCUT2D eigenvalue weighted by Crippen LogP contribution is 2.53. The molecule has 1 saturated heterocycles. The molecule has 2 aliphatic rings. The van der Waals surface area contributed by atoms with Gasteiger partial charge in [0.15, 0.2) is 0 Å². The molecule has 8 nitrogen and oxygen atoms in total. The van der Waals surface area contributed by atoms with Gasteiger partial charge in [-0.25, -0.2) is 0 Å². The van der Waals surface area contributed by atoms with Gasteiger partial charge in [-0.2, -0.15) is 5.26 Å². The standard InChI is InChI=1S/C23H21N5O3S/c1-13-6-20(27-31-13)23(4-5-23)14-2-3-19-17(7-14)18(22(25)30)8-15(26-19)9-21(29)28-12-32-11-16(28)10-24/h2-3,6-8,16H,4-5,9,11-12H2,1H3,(H2,25,30). The number of pyridine rings is 1. The molecule has 162 valence electrons. The fourth-order valence-electron chi connectivity index (χ4n) is 4.33. The highest BCUT2D eigenvalue weighted by molar-refractivity contribution is 7.99. The third kappa shape index (κ3) is 3.41. The van der Waals surface area contributed by atoms with Gasteiger partial charge < -0.3 is 15.2 Å². The van der Waals surface area contributed by atoms with Crippen LogP contribution in [0, 0.1) is 18.3 Å². The fraction of sp³-hybridized carbons (Fsp3) is 0.348. The van der Waals surface area contributed by atoms with E-state index in [2.05, 4.69) is 16.2 Å². The molecule has 0 bridgehead atoms. The first-order valence-corrected chi connectivity index (χ1v) is 11.5. The van der Waals surface area contributed by atoms with E-state index in [1.54, 1.807) is 22.7 Å². The summed E-state index contributed by atoms with van der Waals surface area (Å²) < 4.78 is 5.28. The zero-order chi connectivity index (χ0) is 22.5. The Morgan fingerprint density at radius 2 is 2.16 bits per heavy atom. The number of amides is 2. The van der Waals surface area contributed by atoms with E-state index in [4.69, 9.17) is 10.3 Å². The summed E-state index contributed by atoms with van der Waals surface area (Å²) in [4.78, 5) is 31.2. The molecule has 1 aliphatic carbocycles. The number of aromatic nitrogens is 2. The molecule has 1 unspecified atom stereocenters. The van der Waals surface area contributed by atoms with Crippen molar-refractivity contribution < 1.29 is 14.1 Å². The van der Waals surface area contributed by atoms with Crippen molar-refractivity contribution in [3.8, 4) is 6.07 Å². The average molecular weight is 448 g/mol. The minimum Gasteiger partial charge on any atom is -0.366 e. The van der Waals surface area contributed by atoms with E-state index in [9.17, 15) is 14.9 Å². The predicted octanol–water partition coefficient (Wildman–Crippen LogP) is 2.68. The van der Waals surface area contributed by atoms with Crippen LogP contribution in [0.1, 0.15) is 45.9 Å². The molecule has 3 aromatic rings. The van der Waals surface area contributed by atoms with Gasteiger partial charge in [0, 0.05) is 22.6 Å². The van der Waals surface area contributed by atoms with Crippen molar-refractivity contribution in [2.24, 2.45) is 5.73 Å². The minimum absolute atomic E-state index is 0.0128. The summed E-state index contributed by atoms with van der Waals surface area (Å²) >= 11 is 1.55. The molecular weight excluding hydrogens is 426 g/mol. The van der Waals surface area contributed by atoms with Crippen LogP contribution in [0.5, 0.6) is 0 Å². The van der Waals surface area contributed by atoms with Crippen molar-refractivity contribution in [3.05, 3.63) is 58.6 Å². The number of carbonyl (C=O) groups is 2. The summed E-state index contributed by atoms with van der Waals surface area (Å²) in [6.07, 6.45) is 1.91. The molecule has 0 spiro atoms. The smallest absolute Gasteiger partial charge is 0.249 e. The molecule has 2 amide bonds. The summed E-state index contributed by atoms with van der Waals surface area (Å²) in [6, 6.07) is 11.1. The molecule has 2 N–H and O–H groups in total. The van der Waals surface area contributed by atoms with Crippen LogP contribution < -0.4 is 5.73 Å². The van der Waals surface area contributed by atoms with Gasteiger partial charge in [0.1, 0.15) is 11.8 Å². The SMILES string of the molecule is Cc1cc(C2(c3ccc4nc(CC(=O)N5CSCC5C#N)cc(C(N)=O)c4c3)CC2)no1. The first-order chi connectivity index (χ1) is 15.4. The molecule has 1 aromatic carbocycles. The maximum absolute atomic E-state index is 12.7. The Labute approximate surface area is 188 Å². The molecule has 1 atom stereocenters. The van der Waals surface area contributed by atoms with Crippen LogP contribution in [-0.2, 0) is 16.6 Å². The molecule has 1 aliphatic heterocycles. The monoisotopic (exact) mass is 447 g/mol. The molecular formula is C23H21N5O3S. The Hall–Kier alpha value is -3.38. The van der Waals surface area contributed by atoms with E-state index in [0.29, 0.717) is 33.8 Å². The number of fused-ring (bicyclic) bond motifs is 1. The summed E-state index contributed by atoms with van der Waals surface area (Å²) in [5.74, 6) is 1.10. The molecule has 2 aromatic heterocycles. The Morgan fingerprint density at radius 3 is 2.81 bits per heavy atom. The number of hydrogen-bond donors (Lipinski definition) is 1. The Balaban J connectivity index is 1.51. The van der Waals surface area contributed by atoms with Crippen LogP contribution >= 0.6 is 11.8 Å². The Kier molecular flexibility index (Phi) is 4.90. The topological polar surface area (TPSA) is 126 Å². The number of nitriles is 1. The lowest BCUT2D eigenvalue weighted by Gasteiger charge is -2.19. The molecule has 5 rings (SSSR count).